The largest absolute Gasteiger partial charge is 0.359 e. The third-order valence-corrected chi connectivity index (χ3v) is 5.18. The number of amides is 1. The molecular formula is C17H34IN5O. The number of halogens is 1. The SMILES string of the molecule is CN=C(NCC(C1CC1)N(C)C)N1CCC(CC(=O)NC)CC1.I. The van der Waals surface area contributed by atoms with Gasteiger partial charge in [-0.25, -0.2) is 0 Å². The maximum atomic E-state index is 11.5. The number of carbonyl (C=O) groups is 1. The number of carbonyl (C=O) groups excluding carboxylic acids is 1. The van der Waals surface area contributed by atoms with Gasteiger partial charge >= 0.3 is 0 Å². The zero-order valence-corrected chi connectivity index (χ0v) is 17.9. The molecule has 0 aromatic rings. The summed E-state index contributed by atoms with van der Waals surface area (Å²) in [7, 11) is 7.90. The summed E-state index contributed by atoms with van der Waals surface area (Å²) >= 11 is 0. The maximum Gasteiger partial charge on any atom is 0.220 e. The lowest BCUT2D eigenvalue weighted by atomic mass is 9.93. The number of likely N-dealkylation sites (tertiary alicyclic amines) is 1. The van der Waals surface area contributed by atoms with Crippen molar-refractivity contribution in [3.63, 3.8) is 0 Å². The van der Waals surface area contributed by atoms with E-state index in [0.29, 0.717) is 18.4 Å². The molecule has 0 radical (unpaired) electrons. The van der Waals surface area contributed by atoms with Gasteiger partial charge in [-0.2, -0.15) is 0 Å². The standard InChI is InChI=1S/C17H33N5O.HI/c1-18-16(23)11-13-7-9-22(10-8-13)17(19-2)20-12-15(21(3)4)14-5-6-14;/h13-15H,5-12H2,1-4H3,(H,18,23)(H,19,20);1H. The third kappa shape index (κ3) is 6.38. The molecule has 6 nitrogen and oxygen atoms in total. The molecule has 1 atom stereocenters. The van der Waals surface area contributed by atoms with Gasteiger partial charge < -0.3 is 20.4 Å². The Labute approximate surface area is 163 Å². The molecule has 7 heteroatoms. The number of guanidine groups is 1. The summed E-state index contributed by atoms with van der Waals surface area (Å²) in [6, 6.07) is 0.595. The Morgan fingerprint density at radius 1 is 1.25 bits per heavy atom. The Balaban J connectivity index is 0.00000288. The van der Waals surface area contributed by atoms with Gasteiger partial charge in [0.25, 0.3) is 0 Å². The molecule has 2 aliphatic rings. The lowest BCUT2D eigenvalue weighted by Gasteiger charge is -2.35. The Hall–Kier alpha value is -0.570. The van der Waals surface area contributed by atoms with Crippen molar-refractivity contribution in [2.45, 2.75) is 38.1 Å². The maximum absolute atomic E-state index is 11.5. The highest BCUT2D eigenvalue weighted by atomic mass is 127. The lowest BCUT2D eigenvalue weighted by Crippen LogP contribution is -2.50. The smallest absolute Gasteiger partial charge is 0.220 e. The van der Waals surface area contributed by atoms with Crippen LogP contribution in [0.4, 0.5) is 0 Å². The van der Waals surface area contributed by atoms with E-state index >= 15 is 0 Å². The van der Waals surface area contributed by atoms with E-state index in [1.54, 1.807) is 7.05 Å². The first-order valence-corrected chi connectivity index (χ1v) is 8.87. The third-order valence-electron chi connectivity index (χ3n) is 5.18. The van der Waals surface area contributed by atoms with Crippen LogP contribution in [0.5, 0.6) is 0 Å². The average molecular weight is 451 g/mol. The van der Waals surface area contributed by atoms with Crippen LogP contribution in [-0.2, 0) is 4.79 Å². The second kappa shape index (κ2) is 10.4. The van der Waals surface area contributed by atoms with Gasteiger partial charge in [0, 0.05) is 46.2 Å². The summed E-state index contributed by atoms with van der Waals surface area (Å²) in [5.41, 5.74) is 0. The monoisotopic (exact) mass is 451 g/mol. The normalized spacial score (nSPS) is 20.5. The summed E-state index contributed by atoms with van der Waals surface area (Å²) < 4.78 is 0. The molecule has 24 heavy (non-hydrogen) atoms. The van der Waals surface area contributed by atoms with Crippen molar-refractivity contribution >= 4 is 35.8 Å². The summed E-state index contributed by atoms with van der Waals surface area (Å²) in [5.74, 6) is 2.51. The molecule has 2 rings (SSSR count). The molecule has 2 N–H and O–H groups in total. The highest BCUT2D eigenvalue weighted by molar-refractivity contribution is 14.0. The Kier molecular flexibility index (Phi) is 9.33. The average Bonchev–Trinajstić information content (AvgIpc) is 3.37. The predicted octanol–water partition coefficient (Wildman–Crippen LogP) is 1.37. The quantitative estimate of drug-likeness (QED) is 0.364. The van der Waals surface area contributed by atoms with E-state index in [2.05, 4.69) is 39.5 Å². The fourth-order valence-corrected chi connectivity index (χ4v) is 3.49. The van der Waals surface area contributed by atoms with Crippen LogP contribution < -0.4 is 10.6 Å². The van der Waals surface area contributed by atoms with Gasteiger partial charge in [0.15, 0.2) is 5.96 Å². The summed E-state index contributed by atoms with van der Waals surface area (Å²) in [6.07, 6.45) is 5.49. The molecule has 1 aliphatic carbocycles. The number of hydrogen-bond donors (Lipinski definition) is 2. The second-order valence-electron chi connectivity index (χ2n) is 7.10. The van der Waals surface area contributed by atoms with Gasteiger partial charge in [0.2, 0.25) is 5.91 Å². The van der Waals surface area contributed by atoms with Gasteiger partial charge in [-0.15, -0.1) is 24.0 Å². The summed E-state index contributed by atoms with van der Waals surface area (Å²) in [5, 5.41) is 6.29. The molecule has 0 aromatic carbocycles. The van der Waals surface area contributed by atoms with Crippen LogP contribution in [0.2, 0.25) is 0 Å². The molecule has 1 saturated carbocycles. The van der Waals surface area contributed by atoms with Crippen molar-refractivity contribution in [1.82, 2.24) is 20.4 Å². The van der Waals surface area contributed by atoms with Crippen LogP contribution >= 0.6 is 24.0 Å². The van der Waals surface area contributed by atoms with Gasteiger partial charge in [0.05, 0.1) is 0 Å². The number of aliphatic imine (C=N–C) groups is 1. The first-order chi connectivity index (χ1) is 11.0. The van der Waals surface area contributed by atoms with Crippen molar-refractivity contribution in [1.29, 1.82) is 0 Å². The minimum atomic E-state index is 0. The topological polar surface area (TPSA) is 60.0 Å². The van der Waals surface area contributed by atoms with E-state index in [0.717, 1.165) is 44.4 Å². The van der Waals surface area contributed by atoms with Crippen molar-refractivity contribution < 1.29 is 4.79 Å². The second-order valence-corrected chi connectivity index (χ2v) is 7.10. The number of likely N-dealkylation sites (N-methyl/N-ethyl adjacent to an activating group) is 1. The van der Waals surface area contributed by atoms with Crippen molar-refractivity contribution in [2.75, 3.05) is 47.8 Å². The van der Waals surface area contributed by atoms with Gasteiger partial charge in [-0.3, -0.25) is 9.79 Å². The first-order valence-electron chi connectivity index (χ1n) is 8.87. The molecule has 1 unspecified atom stereocenters. The van der Waals surface area contributed by atoms with E-state index in [1.165, 1.54) is 12.8 Å². The number of nitrogens with zero attached hydrogens (tertiary/aromatic N) is 3. The Morgan fingerprint density at radius 2 is 1.88 bits per heavy atom. The first kappa shape index (κ1) is 21.5. The minimum Gasteiger partial charge on any atom is -0.359 e. The molecule has 1 aliphatic heterocycles. The van der Waals surface area contributed by atoms with Crippen molar-refractivity contribution in [3.8, 4) is 0 Å². The summed E-state index contributed by atoms with van der Waals surface area (Å²) in [6.45, 7) is 2.93. The molecular weight excluding hydrogens is 417 g/mol. The van der Waals surface area contributed by atoms with E-state index in [1.807, 2.05) is 7.05 Å². The Morgan fingerprint density at radius 3 is 2.33 bits per heavy atom. The summed E-state index contributed by atoms with van der Waals surface area (Å²) in [4.78, 5) is 20.6. The van der Waals surface area contributed by atoms with Crippen molar-refractivity contribution in [3.05, 3.63) is 0 Å². The highest BCUT2D eigenvalue weighted by Crippen LogP contribution is 2.34. The molecule has 1 amide bonds. The van der Waals surface area contributed by atoms with E-state index in [9.17, 15) is 4.79 Å². The van der Waals surface area contributed by atoms with Crippen LogP contribution in [0.1, 0.15) is 32.1 Å². The molecule has 2 fully saturated rings. The van der Waals surface area contributed by atoms with Gasteiger partial charge in [-0.1, -0.05) is 0 Å². The zero-order valence-electron chi connectivity index (χ0n) is 15.5. The van der Waals surface area contributed by atoms with Crippen LogP contribution in [0.3, 0.4) is 0 Å². The molecule has 140 valence electrons. The zero-order chi connectivity index (χ0) is 16.8. The van der Waals surface area contributed by atoms with Crippen LogP contribution in [-0.4, -0.2) is 75.5 Å². The lowest BCUT2D eigenvalue weighted by molar-refractivity contribution is -0.121. The number of nitrogens with one attached hydrogen (secondary N) is 2. The molecule has 0 aromatic heterocycles. The number of hydrogen-bond acceptors (Lipinski definition) is 3. The molecule has 1 heterocycles. The molecule has 0 spiro atoms. The fourth-order valence-electron chi connectivity index (χ4n) is 3.49. The van der Waals surface area contributed by atoms with Gasteiger partial charge in [-0.05, 0) is 51.6 Å². The van der Waals surface area contributed by atoms with Crippen molar-refractivity contribution in [2.24, 2.45) is 16.8 Å². The number of rotatable bonds is 6. The van der Waals surface area contributed by atoms with Gasteiger partial charge in [0.1, 0.15) is 0 Å². The highest BCUT2D eigenvalue weighted by Gasteiger charge is 2.33. The molecule has 1 saturated heterocycles. The van der Waals surface area contributed by atoms with Crippen LogP contribution in [0.25, 0.3) is 0 Å². The molecule has 0 bridgehead atoms. The van der Waals surface area contributed by atoms with E-state index in [-0.39, 0.29) is 29.9 Å². The Bertz CT molecular complexity index is 415. The minimum absolute atomic E-state index is 0. The van der Waals surface area contributed by atoms with E-state index < -0.39 is 0 Å². The fraction of sp³-hybridized carbons (Fsp3) is 0.882. The van der Waals surface area contributed by atoms with Crippen LogP contribution in [0, 0.1) is 11.8 Å². The van der Waals surface area contributed by atoms with E-state index in [4.69, 9.17) is 0 Å². The predicted molar refractivity (Wildman–Crippen MR) is 110 cm³/mol. The number of piperidine rings is 1. The van der Waals surface area contributed by atoms with Crippen LogP contribution in [0.15, 0.2) is 4.99 Å².